The molecule has 0 spiro atoms. The molecule has 2 fully saturated rings. The normalized spacial score (nSPS) is 31.7. The Morgan fingerprint density at radius 3 is 2.53 bits per heavy atom. The van der Waals surface area contributed by atoms with Crippen LogP contribution in [0.2, 0.25) is 0 Å². The number of esters is 2. The second-order valence-corrected chi connectivity index (χ2v) is 11.1. The van der Waals surface area contributed by atoms with E-state index in [1.54, 1.807) is 0 Å². The van der Waals surface area contributed by atoms with E-state index in [1.807, 2.05) is 6.08 Å². The fourth-order valence-corrected chi connectivity index (χ4v) is 6.01. The van der Waals surface area contributed by atoms with Crippen molar-refractivity contribution in [2.24, 2.45) is 11.3 Å². The minimum Gasteiger partial charge on any atom is -0.462 e. The maximum absolute atomic E-state index is 12.9. The Morgan fingerprint density at radius 1 is 1.21 bits per heavy atom. The van der Waals surface area contributed by atoms with Gasteiger partial charge in [-0.05, 0) is 74.0 Å². The van der Waals surface area contributed by atoms with Crippen LogP contribution in [0, 0.1) is 11.3 Å². The quantitative estimate of drug-likeness (QED) is 0.285. The first-order chi connectivity index (χ1) is 17.6. The highest BCUT2D eigenvalue weighted by molar-refractivity contribution is 5.67. The average Bonchev–Trinajstić information content (AvgIpc) is 3.13. The molecule has 0 heterocycles. The molecular formula is C30H39F3O5. The highest BCUT2D eigenvalue weighted by Crippen LogP contribution is 2.55. The zero-order valence-corrected chi connectivity index (χ0v) is 22.7. The van der Waals surface area contributed by atoms with Gasteiger partial charge in [-0.2, -0.15) is 13.2 Å². The van der Waals surface area contributed by atoms with E-state index in [2.05, 4.69) is 25.7 Å². The number of aliphatic hydroxyl groups is 1. The lowest BCUT2D eigenvalue weighted by atomic mass is 9.63. The summed E-state index contributed by atoms with van der Waals surface area (Å²) >= 11 is 0. The van der Waals surface area contributed by atoms with Crippen LogP contribution in [0.15, 0.2) is 59.3 Å². The van der Waals surface area contributed by atoms with Crippen molar-refractivity contribution in [3.63, 3.8) is 0 Å². The van der Waals surface area contributed by atoms with Crippen molar-refractivity contribution in [2.45, 2.75) is 103 Å². The maximum atomic E-state index is 12.9. The molecule has 0 bridgehead atoms. The van der Waals surface area contributed by atoms with Gasteiger partial charge in [0.15, 0.2) is 5.60 Å². The second kappa shape index (κ2) is 11.6. The number of hydrogen-bond donors (Lipinski definition) is 1. The summed E-state index contributed by atoms with van der Waals surface area (Å²) in [6.07, 6.45) is 8.77. The lowest BCUT2D eigenvalue weighted by molar-refractivity contribution is -0.232. The molecule has 0 aromatic carbocycles. The lowest BCUT2D eigenvalue weighted by Crippen LogP contribution is -2.39. The smallest absolute Gasteiger partial charge is 0.420 e. The van der Waals surface area contributed by atoms with E-state index >= 15 is 0 Å². The lowest BCUT2D eigenvalue weighted by Gasteiger charge is -2.41. The van der Waals surface area contributed by atoms with Crippen molar-refractivity contribution >= 4 is 11.9 Å². The number of fused-ring (bicyclic) bond motifs is 1. The number of ether oxygens (including phenoxy) is 2. The standard InChI is InChI=1S/C30H39F3O5/c1-19-23(17-25(37-20(2)34)18-27(19)38-21(3)35)12-11-22-9-8-15-28(4)24(13-14-26(22)28)10-6-7-16-29(5,36)30(31,32)33/h7,11-13,16,25-27,36H,1,6,8-10,14-15,17-18H2,2-5H3/b16-7+,22-11+,23-12-/t25?,26?,27-,28+,29+/m0/s1. The topological polar surface area (TPSA) is 72.8 Å². The number of hydrogen-bond acceptors (Lipinski definition) is 5. The van der Waals surface area contributed by atoms with Gasteiger partial charge in [0, 0.05) is 26.7 Å². The molecule has 0 saturated heterocycles. The Kier molecular flexibility index (Phi) is 9.17. The van der Waals surface area contributed by atoms with Gasteiger partial charge >= 0.3 is 18.1 Å². The highest BCUT2D eigenvalue weighted by Gasteiger charge is 2.48. The van der Waals surface area contributed by atoms with Gasteiger partial charge < -0.3 is 14.6 Å². The zero-order chi connectivity index (χ0) is 28.3. The van der Waals surface area contributed by atoms with Crippen molar-refractivity contribution < 1.29 is 37.3 Å². The Bertz CT molecular complexity index is 1060. The molecule has 2 unspecified atom stereocenters. The van der Waals surface area contributed by atoms with Crippen LogP contribution in [0.4, 0.5) is 13.2 Å². The molecule has 5 atom stereocenters. The summed E-state index contributed by atoms with van der Waals surface area (Å²) in [6.45, 7) is 9.85. The monoisotopic (exact) mass is 536 g/mol. The molecule has 210 valence electrons. The zero-order valence-electron chi connectivity index (χ0n) is 22.7. The van der Waals surface area contributed by atoms with Crippen LogP contribution in [-0.2, 0) is 19.1 Å². The molecule has 3 rings (SSSR count). The van der Waals surface area contributed by atoms with E-state index in [-0.39, 0.29) is 11.4 Å². The first kappa shape index (κ1) is 29.9. The Morgan fingerprint density at radius 2 is 1.89 bits per heavy atom. The third-order valence-corrected chi connectivity index (χ3v) is 8.17. The number of carbonyl (C=O) groups excluding carboxylic acids is 2. The summed E-state index contributed by atoms with van der Waals surface area (Å²) in [6, 6.07) is 0. The molecule has 1 N–H and O–H groups in total. The summed E-state index contributed by atoms with van der Waals surface area (Å²) in [5, 5.41) is 9.62. The van der Waals surface area contributed by atoms with Crippen LogP contribution in [-0.4, -0.2) is 41.0 Å². The van der Waals surface area contributed by atoms with E-state index in [0.717, 1.165) is 44.3 Å². The van der Waals surface area contributed by atoms with Crippen molar-refractivity contribution in [2.75, 3.05) is 0 Å². The first-order valence-electron chi connectivity index (χ1n) is 13.2. The first-order valence-corrected chi connectivity index (χ1v) is 13.2. The fraction of sp³-hybridized carbons (Fsp3) is 0.600. The van der Waals surface area contributed by atoms with Crippen molar-refractivity contribution in [1.82, 2.24) is 0 Å². The molecule has 2 saturated carbocycles. The van der Waals surface area contributed by atoms with E-state index in [1.165, 1.54) is 31.1 Å². The van der Waals surface area contributed by atoms with Crippen molar-refractivity contribution in [3.8, 4) is 0 Å². The third-order valence-electron chi connectivity index (χ3n) is 8.17. The molecular weight excluding hydrogens is 497 g/mol. The Hall–Kier alpha value is -2.61. The number of halogens is 3. The van der Waals surface area contributed by atoms with Gasteiger partial charge in [-0.3, -0.25) is 9.59 Å². The van der Waals surface area contributed by atoms with Crippen LogP contribution < -0.4 is 0 Å². The molecule has 0 radical (unpaired) electrons. The number of alkyl halides is 3. The van der Waals surface area contributed by atoms with Gasteiger partial charge in [-0.1, -0.05) is 49.0 Å². The van der Waals surface area contributed by atoms with Crippen LogP contribution in [0.5, 0.6) is 0 Å². The van der Waals surface area contributed by atoms with E-state index in [0.29, 0.717) is 37.2 Å². The summed E-state index contributed by atoms with van der Waals surface area (Å²) in [7, 11) is 0. The molecule has 0 aromatic heterocycles. The van der Waals surface area contributed by atoms with Crippen LogP contribution in [0.3, 0.4) is 0 Å². The molecule has 0 aliphatic heterocycles. The Labute approximate surface area is 223 Å². The maximum Gasteiger partial charge on any atom is 0.420 e. The minimum atomic E-state index is -4.70. The van der Waals surface area contributed by atoms with Gasteiger partial charge in [0.05, 0.1) is 0 Å². The summed E-state index contributed by atoms with van der Waals surface area (Å²) in [5.74, 6) is -0.496. The molecule has 8 heteroatoms. The van der Waals surface area contributed by atoms with E-state index < -0.39 is 30.0 Å². The van der Waals surface area contributed by atoms with Gasteiger partial charge in [-0.25, -0.2) is 0 Å². The van der Waals surface area contributed by atoms with Gasteiger partial charge in [-0.15, -0.1) is 0 Å². The molecule has 0 amide bonds. The third kappa shape index (κ3) is 6.87. The van der Waals surface area contributed by atoms with E-state index in [4.69, 9.17) is 9.47 Å². The van der Waals surface area contributed by atoms with Crippen LogP contribution in [0.25, 0.3) is 0 Å². The predicted octanol–water partition coefficient (Wildman–Crippen LogP) is 6.84. The van der Waals surface area contributed by atoms with Gasteiger partial charge in [0.1, 0.15) is 12.2 Å². The number of allylic oxidation sites excluding steroid dienone is 6. The fourth-order valence-electron chi connectivity index (χ4n) is 6.01. The molecule has 3 aliphatic carbocycles. The molecule has 5 nitrogen and oxygen atoms in total. The largest absolute Gasteiger partial charge is 0.462 e. The highest BCUT2D eigenvalue weighted by atomic mass is 19.4. The number of carbonyl (C=O) groups is 2. The average molecular weight is 537 g/mol. The Balaban J connectivity index is 1.73. The van der Waals surface area contributed by atoms with Gasteiger partial charge in [0.25, 0.3) is 0 Å². The molecule has 38 heavy (non-hydrogen) atoms. The summed E-state index contributed by atoms with van der Waals surface area (Å²) in [5.41, 5.74) is 1.27. The summed E-state index contributed by atoms with van der Waals surface area (Å²) < 4.78 is 49.6. The summed E-state index contributed by atoms with van der Waals surface area (Å²) in [4.78, 5) is 23.2. The van der Waals surface area contributed by atoms with Crippen molar-refractivity contribution in [3.05, 3.63) is 59.3 Å². The SMILES string of the molecule is C=C1/C(=C\C=C2/CCC[C@]3(C)C(CC/C=C/[C@@](C)(O)C(F)(F)F)=CCC23)CC(OC(C)=O)C[C@@H]1OC(C)=O. The molecule has 0 aromatic rings. The predicted molar refractivity (Wildman–Crippen MR) is 139 cm³/mol. The number of rotatable bonds is 7. The minimum absolute atomic E-state index is 0.0624. The van der Waals surface area contributed by atoms with Crippen LogP contribution in [0.1, 0.15) is 79.1 Å². The van der Waals surface area contributed by atoms with E-state index in [9.17, 15) is 27.9 Å². The molecule has 3 aliphatic rings. The van der Waals surface area contributed by atoms with Gasteiger partial charge in [0.2, 0.25) is 0 Å². The van der Waals surface area contributed by atoms with Crippen LogP contribution >= 0.6 is 0 Å². The van der Waals surface area contributed by atoms with Crippen molar-refractivity contribution in [1.29, 1.82) is 0 Å². The second-order valence-electron chi connectivity index (χ2n) is 11.1.